The zero-order chi connectivity index (χ0) is 17.1. The van der Waals surface area contributed by atoms with Crippen LogP contribution in [0.25, 0.3) is 0 Å². The monoisotopic (exact) mass is 330 g/mol. The van der Waals surface area contributed by atoms with Crippen molar-refractivity contribution in [3.05, 3.63) is 24.3 Å². The van der Waals surface area contributed by atoms with Crippen LogP contribution in [0.4, 0.5) is 11.4 Å². The van der Waals surface area contributed by atoms with Gasteiger partial charge in [0.05, 0.1) is 11.4 Å². The number of carbonyl (C=O) groups is 3. The second-order valence-electron chi connectivity index (χ2n) is 6.24. The number of hydrogen-bond acceptors (Lipinski definition) is 4. The molecular weight excluding hydrogens is 308 g/mol. The molecule has 7 nitrogen and oxygen atoms in total. The van der Waals surface area contributed by atoms with Gasteiger partial charge in [-0.3, -0.25) is 14.4 Å². The Morgan fingerprint density at radius 3 is 2.75 bits per heavy atom. The Balaban J connectivity index is 1.61. The number of nitrogens with zero attached hydrogens (tertiary/aromatic N) is 2. The highest BCUT2D eigenvalue weighted by Gasteiger charge is 2.27. The van der Waals surface area contributed by atoms with Crippen LogP contribution in [0.1, 0.15) is 19.8 Å². The molecule has 3 rings (SSSR count). The maximum absolute atomic E-state index is 12.5. The topological polar surface area (TPSA) is 81.8 Å². The van der Waals surface area contributed by atoms with Gasteiger partial charge in [-0.15, -0.1) is 0 Å². The molecule has 2 N–H and O–H groups in total. The Labute approximate surface area is 141 Å². The number of fused-ring (bicyclic) bond motifs is 1. The van der Waals surface area contributed by atoms with Crippen LogP contribution in [0.15, 0.2) is 24.3 Å². The van der Waals surface area contributed by atoms with Crippen LogP contribution in [0.2, 0.25) is 0 Å². The number of rotatable bonds is 3. The quantitative estimate of drug-likeness (QED) is 0.849. The maximum atomic E-state index is 12.5. The molecule has 1 fully saturated rings. The predicted molar refractivity (Wildman–Crippen MR) is 90.7 cm³/mol. The zero-order valence-corrected chi connectivity index (χ0v) is 13.7. The number of para-hydroxylation sites is 2. The summed E-state index contributed by atoms with van der Waals surface area (Å²) in [4.78, 5) is 39.8. The summed E-state index contributed by atoms with van der Waals surface area (Å²) in [6.07, 6.45) is 0.282. The molecule has 0 spiro atoms. The van der Waals surface area contributed by atoms with E-state index >= 15 is 0 Å². The van der Waals surface area contributed by atoms with Crippen LogP contribution in [-0.2, 0) is 14.4 Å². The Morgan fingerprint density at radius 2 is 1.96 bits per heavy atom. The van der Waals surface area contributed by atoms with Gasteiger partial charge >= 0.3 is 0 Å². The molecule has 1 aromatic rings. The van der Waals surface area contributed by atoms with E-state index in [-0.39, 0.29) is 43.1 Å². The van der Waals surface area contributed by atoms with Crippen molar-refractivity contribution in [1.82, 2.24) is 10.2 Å². The van der Waals surface area contributed by atoms with Crippen molar-refractivity contribution in [3.8, 4) is 0 Å². The van der Waals surface area contributed by atoms with Gasteiger partial charge in [0, 0.05) is 38.5 Å². The van der Waals surface area contributed by atoms with Crippen LogP contribution >= 0.6 is 0 Å². The summed E-state index contributed by atoms with van der Waals surface area (Å²) in [5.74, 6) is -0.426. The molecule has 1 saturated heterocycles. The lowest BCUT2D eigenvalue weighted by Gasteiger charge is -2.32. The first-order chi connectivity index (χ1) is 11.5. The van der Waals surface area contributed by atoms with Gasteiger partial charge in [-0.05, 0) is 19.1 Å². The highest BCUT2D eigenvalue weighted by Crippen LogP contribution is 2.29. The minimum Gasteiger partial charge on any atom is -0.340 e. The summed E-state index contributed by atoms with van der Waals surface area (Å²) in [5.41, 5.74) is 1.31. The second kappa shape index (κ2) is 7.00. The van der Waals surface area contributed by atoms with Gasteiger partial charge < -0.3 is 20.4 Å². The van der Waals surface area contributed by atoms with E-state index in [1.54, 1.807) is 17.0 Å². The summed E-state index contributed by atoms with van der Waals surface area (Å²) in [6.45, 7) is 4.15. The Morgan fingerprint density at radius 1 is 1.21 bits per heavy atom. The standard InChI is InChI=1S/C17H22N4O3/c1-12-10-20(9-8-18-12)16(23)6-7-17(24)21-11-15(22)19-13-4-2-3-5-14(13)21/h2-5,12,18H,6-11H2,1H3,(H,19,22). The number of piperazine rings is 1. The van der Waals surface area contributed by atoms with Crippen molar-refractivity contribution >= 4 is 29.1 Å². The first-order valence-corrected chi connectivity index (χ1v) is 8.25. The Bertz CT molecular complexity index is 661. The average Bonchev–Trinajstić information content (AvgIpc) is 2.58. The number of carbonyl (C=O) groups excluding carboxylic acids is 3. The third kappa shape index (κ3) is 3.56. The third-order valence-corrected chi connectivity index (χ3v) is 4.35. The lowest BCUT2D eigenvalue weighted by atomic mass is 10.1. The van der Waals surface area contributed by atoms with Gasteiger partial charge in [-0.2, -0.15) is 0 Å². The third-order valence-electron chi connectivity index (χ3n) is 4.35. The molecule has 0 radical (unpaired) electrons. The molecule has 3 amide bonds. The average molecular weight is 330 g/mol. The fraction of sp³-hybridized carbons (Fsp3) is 0.471. The fourth-order valence-electron chi connectivity index (χ4n) is 3.12. The minimum absolute atomic E-state index is 0.00525. The van der Waals surface area contributed by atoms with Crippen molar-refractivity contribution < 1.29 is 14.4 Å². The van der Waals surface area contributed by atoms with Gasteiger partial charge in [0.2, 0.25) is 17.7 Å². The SMILES string of the molecule is CC1CN(C(=O)CCC(=O)N2CC(=O)Nc3ccccc32)CCN1. The normalized spacial score (nSPS) is 20.4. The Hall–Kier alpha value is -2.41. The number of amides is 3. The highest BCUT2D eigenvalue weighted by molar-refractivity contribution is 6.10. The summed E-state index contributed by atoms with van der Waals surface area (Å²) in [6, 6.07) is 7.47. The predicted octanol–water partition coefficient (Wildman–Crippen LogP) is 0.572. The van der Waals surface area contributed by atoms with E-state index < -0.39 is 0 Å². The minimum atomic E-state index is -0.218. The van der Waals surface area contributed by atoms with Gasteiger partial charge in [0.1, 0.15) is 6.54 Å². The summed E-state index contributed by atoms with van der Waals surface area (Å²) < 4.78 is 0. The molecule has 0 saturated carbocycles. The zero-order valence-electron chi connectivity index (χ0n) is 13.7. The molecule has 0 aliphatic carbocycles. The van der Waals surface area contributed by atoms with Crippen molar-refractivity contribution in [1.29, 1.82) is 0 Å². The van der Waals surface area contributed by atoms with Crippen molar-refractivity contribution in [2.24, 2.45) is 0 Å². The second-order valence-corrected chi connectivity index (χ2v) is 6.24. The number of benzene rings is 1. The number of anilines is 2. The van der Waals surface area contributed by atoms with Crippen LogP contribution < -0.4 is 15.5 Å². The first-order valence-electron chi connectivity index (χ1n) is 8.25. The van der Waals surface area contributed by atoms with Crippen molar-refractivity contribution in [2.45, 2.75) is 25.8 Å². The first kappa shape index (κ1) is 16.4. The molecule has 1 unspecified atom stereocenters. The van der Waals surface area contributed by atoms with Crippen LogP contribution in [0.5, 0.6) is 0 Å². The van der Waals surface area contributed by atoms with Gasteiger partial charge in [0.15, 0.2) is 0 Å². The molecule has 24 heavy (non-hydrogen) atoms. The molecule has 128 valence electrons. The van der Waals surface area contributed by atoms with E-state index in [1.807, 2.05) is 19.1 Å². The van der Waals surface area contributed by atoms with E-state index in [0.29, 0.717) is 24.5 Å². The lowest BCUT2D eigenvalue weighted by Crippen LogP contribution is -2.51. The summed E-state index contributed by atoms with van der Waals surface area (Å²) >= 11 is 0. The highest BCUT2D eigenvalue weighted by atomic mass is 16.2. The molecule has 0 bridgehead atoms. The molecule has 2 aliphatic heterocycles. The van der Waals surface area contributed by atoms with Crippen LogP contribution in [0.3, 0.4) is 0 Å². The maximum Gasteiger partial charge on any atom is 0.244 e. The van der Waals surface area contributed by atoms with E-state index in [2.05, 4.69) is 10.6 Å². The van der Waals surface area contributed by atoms with Gasteiger partial charge in [-0.25, -0.2) is 0 Å². The van der Waals surface area contributed by atoms with Crippen molar-refractivity contribution in [3.63, 3.8) is 0 Å². The molecule has 2 heterocycles. The number of nitrogens with one attached hydrogen (secondary N) is 2. The van der Waals surface area contributed by atoms with Gasteiger partial charge in [-0.1, -0.05) is 12.1 Å². The molecule has 1 aromatic carbocycles. The fourth-order valence-corrected chi connectivity index (χ4v) is 3.12. The molecule has 0 aromatic heterocycles. The smallest absolute Gasteiger partial charge is 0.244 e. The van der Waals surface area contributed by atoms with Crippen molar-refractivity contribution in [2.75, 3.05) is 36.4 Å². The lowest BCUT2D eigenvalue weighted by molar-refractivity contribution is -0.134. The van der Waals surface area contributed by atoms with Crippen LogP contribution in [-0.4, -0.2) is 54.8 Å². The molecule has 1 atom stereocenters. The van der Waals surface area contributed by atoms with Crippen LogP contribution in [0, 0.1) is 0 Å². The van der Waals surface area contributed by atoms with E-state index in [0.717, 1.165) is 6.54 Å². The van der Waals surface area contributed by atoms with E-state index in [9.17, 15) is 14.4 Å². The summed E-state index contributed by atoms with van der Waals surface area (Å²) in [5, 5.41) is 6.04. The molecular formula is C17H22N4O3. The molecule has 2 aliphatic rings. The number of hydrogen-bond donors (Lipinski definition) is 2. The van der Waals surface area contributed by atoms with E-state index in [4.69, 9.17) is 0 Å². The Kier molecular flexibility index (Phi) is 4.80. The molecule has 7 heteroatoms. The largest absolute Gasteiger partial charge is 0.340 e. The van der Waals surface area contributed by atoms with E-state index in [1.165, 1.54) is 4.90 Å². The van der Waals surface area contributed by atoms with Gasteiger partial charge in [0.25, 0.3) is 0 Å². The summed E-state index contributed by atoms with van der Waals surface area (Å²) in [7, 11) is 0.